The minimum absolute atomic E-state index is 0.0311. The molecule has 106 valence electrons. The molecule has 3 rings (SSSR count). The van der Waals surface area contributed by atoms with Crippen LogP contribution in [-0.4, -0.2) is 23.5 Å². The van der Waals surface area contributed by atoms with Crippen LogP contribution in [0.2, 0.25) is 0 Å². The van der Waals surface area contributed by atoms with Crippen LogP contribution in [0.25, 0.3) is 0 Å². The van der Waals surface area contributed by atoms with E-state index in [9.17, 15) is 9.59 Å². The number of hydrogen-bond acceptors (Lipinski definition) is 2. The van der Waals surface area contributed by atoms with Crippen LogP contribution in [0.5, 0.6) is 0 Å². The maximum Gasteiger partial charge on any atom is 0.307 e. The number of carboxylic acid groups (broad SMARTS) is 1. The van der Waals surface area contributed by atoms with Gasteiger partial charge in [0.1, 0.15) is 0 Å². The van der Waals surface area contributed by atoms with E-state index in [1.54, 1.807) is 0 Å². The van der Waals surface area contributed by atoms with Crippen LogP contribution < -0.4 is 5.32 Å². The van der Waals surface area contributed by atoms with Crippen molar-refractivity contribution in [1.29, 1.82) is 0 Å². The average Bonchev–Trinajstić information content (AvgIpc) is 3.30. The van der Waals surface area contributed by atoms with Gasteiger partial charge in [0.25, 0.3) is 0 Å². The van der Waals surface area contributed by atoms with Crippen molar-refractivity contribution in [2.24, 2.45) is 11.8 Å². The molecule has 0 radical (unpaired) electrons. The summed E-state index contributed by atoms with van der Waals surface area (Å²) < 4.78 is 1.07. The Hall–Kier alpha value is -1.36. The van der Waals surface area contributed by atoms with Crippen molar-refractivity contribution < 1.29 is 14.7 Å². The predicted molar refractivity (Wildman–Crippen MR) is 77.3 cm³/mol. The molecular weight excluding hydrogens is 322 g/mol. The molecular formula is C15H16BrNO3. The Labute approximate surface area is 125 Å². The quantitative estimate of drug-likeness (QED) is 0.866. The van der Waals surface area contributed by atoms with Gasteiger partial charge in [-0.15, -0.1) is 0 Å². The molecule has 5 heteroatoms. The van der Waals surface area contributed by atoms with Gasteiger partial charge in [-0.3, -0.25) is 9.59 Å². The number of benzene rings is 1. The van der Waals surface area contributed by atoms with Gasteiger partial charge in [-0.1, -0.05) is 34.1 Å². The van der Waals surface area contributed by atoms with E-state index < -0.39 is 11.9 Å². The van der Waals surface area contributed by atoms with Gasteiger partial charge in [-0.25, -0.2) is 0 Å². The van der Waals surface area contributed by atoms with Crippen molar-refractivity contribution in [3.05, 3.63) is 34.3 Å². The van der Waals surface area contributed by atoms with E-state index in [2.05, 4.69) is 27.3 Å². The largest absolute Gasteiger partial charge is 0.481 e. The summed E-state index contributed by atoms with van der Waals surface area (Å²) in [4.78, 5) is 22.7. The second kappa shape index (κ2) is 4.88. The third-order valence-corrected chi connectivity index (χ3v) is 5.04. The predicted octanol–water partition coefficient (Wildman–Crippen LogP) is 2.32. The number of carbonyl (C=O) groups excluding carboxylic acids is 1. The Morgan fingerprint density at radius 3 is 2.55 bits per heavy atom. The fraction of sp³-hybridized carbons (Fsp3) is 0.467. The molecule has 1 aromatic carbocycles. The highest BCUT2D eigenvalue weighted by Crippen LogP contribution is 2.50. The number of aliphatic carboxylic acids is 1. The number of rotatable bonds is 5. The highest BCUT2D eigenvalue weighted by Gasteiger charge is 2.50. The molecule has 0 aromatic heterocycles. The summed E-state index contributed by atoms with van der Waals surface area (Å²) in [5, 5.41) is 11.8. The van der Waals surface area contributed by atoms with Gasteiger partial charge in [-0.2, -0.15) is 0 Å². The Morgan fingerprint density at radius 2 is 2.00 bits per heavy atom. The molecule has 2 N–H and O–H groups in total. The first-order valence-corrected chi connectivity index (χ1v) is 7.58. The van der Waals surface area contributed by atoms with Crippen LogP contribution in [0, 0.1) is 11.8 Å². The molecule has 2 saturated carbocycles. The number of halogens is 1. The van der Waals surface area contributed by atoms with Gasteiger partial charge in [-0.05, 0) is 30.9 Å². The highest BCUT2D eigenvalue weighted by atomic mass is 79.9. The van der Waals surface area contributed by atoms with E-state index in [4.69, 9.17) is 5.11 Å². The van der Waals surface area contributed by atoms with Gasteiger partial charge in [0, 0.05) is 16.4 Å². The molecule has 4 nitrogen and oxygen atoms in total. The summed E-state index contributed by atoms with van der Waals surface area (Å²) in [6, 6.07) is 8.08. The van der Waals surface area contributed by atoms with E-state index in [0.29, 0.717) is 13.0 Å². The van der Waals surface area contributed by atoms with Crippen LogP contribution in [0.1, 0.15) is 24.8 Å². The topological polar surface area (TPSA) is 66.4 Å². The van der Waals surface area contributed by atoms with Crippen molar-refractivity contribution in [2.45, 2.75) is 24.7 Å². The fourth-order valence-corrected chi connectivity index (χ4v) is 3.43. The molecule has 2 unspecified atom stereocenters. The van der Waals surface area contributed by atoms with Crippen LogP contribution in [0.15, 0.2) is 28.7 Å². The lowest BCUT2D eigenvalue weighted by molar-refractivity contribution is -0.140. The maximum absolute atomic E-state index is 11.9. The molecule has 1 amide bonds. The summed E-state index contributed by atoms with van der Waals surface area (Å²) in [6.07, 6.45) is 2.59. The van der Waals surface area contributed by atoms with Crippen molar-refractivity contribution in [3.63, 3.8) is 0 Å². The van der Waals surface area contributed by atoms with Crippen molar-refractivity contribution in [2.75, 3.05) is 6.54 Å². The van der Waals surface area contributed by atoms with Crippen LogP contribution in [0.3, 0.4) is 0 Å². The molecule has 2 aliphatic carbocycles. The molecule has 0 saturated heterocycles. The van der Waals surface area contributed by atoms with E-state index in [-0.39, 0.29) is 17.2 Å². The molecule has 0 bridgehead atoms. The highest BCUT2D eigenvalue weighted by molar-refractivity contribution is 9.10. The Kier molecular flexibility index (Phi) is 3.32. The Bertz CT molecular complexity index is 568. The van der Waals surface area contributed by atoms with E-state index in [0.717, 1.165) is 17.3 Å². The van der Waals surface area contributed by atoms with Crippen LogP contribution >= 0.6 is 15.9 Å². The SMILES string of the molecule is O=C(O)C1CC1C(=O)NCC1(c2ccccc2Br)CC1. The normalized spacial score (nSPS) is 25.9. The Balaban J connectivity index is 1.60. The molecule has 0 aliphatic heterocycles. The summed E-state index contributed by atoms with van der Waals surface area (Å²) in [6.45, 7) is 0.595. The van der Waals surface area contributed by atoms with Gasteiger partial charge < -0.3 is 10.4 Å². The minimum Gasteiger partial charge on any atom is -0.481 e. The molecule has 1 aromatic rings. The first-order valence-electron chi connectivity index (χ1n) is 6.79. The monoisotopic (exact) mass is 337 g/mol. The van der Waals surface area contributed by atoms with E-state index >= 15 is 0 Å². The summed E-state index contributed by atoms with van der Waals surface area (Å²) in [5.74, 6) is -1.79. The third kappa shape index (κ3) is 2.46. The van der Waals surface area contributed by atoms with Crippen LogP contribution in [-0.2, 0) is 15.0 Å². The lowest BCUT2D eigenvalue weighted by atomic mass is 9.96. The number of hydrogen-bond donors (Lipinski definition) is 2. The number of carbonyl (C=O) groups is 2. The summed E-state index contributed by atoms with van der Waals surface area (Å²) in [7, 11) is 0. The Morgan fingerprint density at radius 1 is 1.30 bits per heavy atom. The number of carboxylic acids is 1. The van der Waals surface area contributed by atoms with Crippen LogP contribution in [0.4, 0.5) is 0 Å². The van der Waals surface area contributed by atoms with Gasteiger partial charge in [0.05, 0.1) is 11.8 Å². The first-order chi connectivity index (χ1) is 9.53. The molecule has 2 aliphatic rings. The fourth-order valence-electron chi connectivity index (χ4n) is 2.73. The first kappa shape index (κ1) is 13.6. The smallest absolute Gasteiger partial charge is 0.307 e. The standard InChI is InChI=1S/C15H16BrNO3/c16-12-4-2-1-3-11(12)15(5-6-15)8-17-13(18)9-7-10(9)14(19)20/h1-4,9-10H,5-8H2,(H,17,18)(H,19,20). The van der Waals surface area contributed by atoms with Crippen molar-refractivity contribution in [1.82, 2.24) is 5.32 Å². The maximum atomic E-state index is 11.9. The van der Waals surface area contributed by atoms with E-state index in [1.165, 1.54) is 5.56 Å². The third-order valence-electron chi connectivity index (χ3n) is 4.34. The molecule has 20 heavy (non-hydrogen) atoms. The molecule has 0 spiro atoms. The minimum atomic E-state index is -0.864. The summed E-state index contributed by atoms with van der Waals surface area (Å²) >= 11 is 3.56. The van der Waals surface area contributed by atoms with Gasteiger partial charge in [0.15, 0.2) is 0 Å². The van der Waals surface area contributed by atoms with Gasteiger partial charge in [0.2, 0.25) is 5.91 Å². The lowest BCUT2D eigenvalue weighted by Crippen LogP contribution is -2.34. The zero-order valence-corrected chi connectivity index (χ0v) is 12.5. The number of amides is 1. The number of nitrogens with one attached hydrogen (secondary N) is 1. The van der Waals surface area contributed by atoms with E-state index in [1.807, 2.05) is 18.2 Å². The molecule has 2 atom stereocenters. The lowest BCUT2D eigenvalue weighted by Gasteiger charge is -2.18. The summed E-state index contributed by atoms with van der Waals surface area (Å²) in [5.41, 5.74) is 1.26. The molecule has 2 fully saturated rings. The zero-order valence-electron chi connectivity index (χ0n) is 10.9. The average molecular weight is 338 g/mol. The zero-order chi connectivity index (χ0) is 14.3. The van der Waals surface area contributed by atoms with Crippen molar-refractivity contribution >= 4 is 27.8 Å². The second-order valence-corrected chi connectivity index (χ2v) is 6.62. The van der Waals surface area contributed by atoms with Crippen molar-refractivity contribution in [3.8, 4) is 0 Å². The van der Waals surface area contributed by atoms with Gasteiger partial charge >= 0.3 is 5.97 Å². The molecule has 0 heterocycles. The second-order valence-electron chi connectivity index (χ2n) is 5.76.